The van der Waals surface area contributed by atoms with Crippen molar-refractivity contribution in [1.82, 2.24) is 10.6 Å². The first-order valence-corrected chi connectivity index (χ1v) is 19.0. The van der Waals surface area contributed by atoms with Gasteiger partial charge in [-0.15, -0.1) is 0 Å². The summed E-state index contributed by atoms with van der Waals surface area (Å²) in [6.07, 6.45) is 8.63. The molecule has 12 heteroatoms. The van der Waals surface area contributed by atoms with Crippen LogP contribution in [0, 0.1) is 11.8 Å². The molecule has 1 heterocycles. The molecule has 4 N–H and O–H groups in total. The van der Waals surface area contributed by atoms with E-state index in [0.29, 0.717) is 17.6 Å². The van der Waals surface area contributed by atoms with Gasteiger partial charge < -0.3 is 39.8 Å². The number of phenols is 1. The van der Waals surface area contributed by atoms with Crippen LogP contribution in [0.3, 0.4) is 0 Å². The van der Waals surface area contributed by atoms with Gasteiger partial charge in [0.25, 0.3) is 0 Å². The lowest BCUT2D eigenvalue weighted by atomic mass is 9.91. The number of para-hydroxylation sites is 1. The van der Waals surface area contributed by atoms with E-state index in [9.17, 15) is 29.4 Å². The minimum atomic E-state index is -0.774. The molecular formula is C42H52N2O10. The van der Waals surface area contributed by atoms with E-state index in [4.69, 9.17) is 18.9 Å². The number of carbonyl (C=O) groups excluding carboxylic acids is 4. The molecule has 12 nitrogen and oxygen atoms in total. The number of carbonyl (C=O) groups is 4. The molecule has 2 aromatic rings. The Hall–Kier alpha value is -4.52. The number of amides is 2. The number of ether oxygens (including phenoxy) is 4. The highest BCUT2D eigenvalue weighted by atomic mass is 16.8. The van der Waals surface area contributed by atoms with Crippen LogP contribution in [0.2, 0.25) is 0 Å². The fraction of sp³-hybridized carbons (Fsp3) is 0.524. The largest absolute Gasteiger partial charge is 0.508 e. The summed E-state index contributed by atoms with van der Waals surface area (Å²) >= 11 is 0. The zero-order valence-corrected chi connectivity index (χ0v) is 31.3. The van der Waals surface area contributed by atoms with Crippen molar-refractivity contribution < 1.29 is 48.3 Å². The molecule has 0 spiro atoms. The molecule has 54 heavy (non-hydrogen) atoms. The van der Waals surface area contributed by atoms with Gasteiger partial charge in [-0.1, -0.05) is 42.5 Å². The summed E-state index contributed by atoms with van der Waals surface area (Å²) in [5, 5.41) is 25.3. The third kappa shape index (κ3) is 10.2. The molecule has 2 aromatic carbocycles. The van der Waals surface area contributed by atoms with Gasteiger partial charge in [-0.3, -0.25) is 14.4 Å². The maximum atomic E-state index is 13.5. The minimum Gasteiger partial charge on any atom is -0.508 e. The Morgan fingerprint density at radius 1 is 0.981 bits per heavy atom. The van der Waals surface area contributed by atoms with Crippen LogP contribution >= 0.6 is 0 Å². The first kappa shape index (κ1) is 39.2. The Kier molecular flexibility index (Phi) is 12.2. The number of benzene rings is 2. The van der Waals surface area contributed by atoms with Crippen LogP contribution in [0.1, 0.15) is 93.6 Å². The molecule has 6 rings (SSSR count). The molecule has 3 aliphatic carbocycles. The van der Waals surface area contributed by atoms with Crippen molar-refractivity contribution in [1.29, 1.82) is 0 Å². The summed E-state index contributed by atoms with van der Waals surface area (Å²) < 4.78 is 24.7. The average Bonchev–Trinajstić information content (AvgIpc) is 4.08. The molecule has 0 aromatic heterocycles. The first-order chi connectivity index (χ1) is 25.8. The maximum absolute atomic E-state index is 13.5. The average molecular weight is 745 g/mol. The molecule has 2 amide bonds. The normalized spacial score (nSPS) is 22.5. The van der Waals surface area contributed by atoms with Crippen molar-refractivity contribution in [2.45, 2.75) is 114 Å². The van der Waals surface area contributed by atoms with Crippen molar-refractivity contribution in [3.05, 3.63) is 82.9 Å². The number of rotatable bonds is 16. The zero-order valence-electron chi connectivity index (χ0n) is 31.3. The van der Waals surface area contributed by atoms with E-state index >= 15 is 0 Å². The van der Waals surface area contributed by atoms with E-state index < -0.39 is 53.6 Å². The smallest absolute Gasteiger partial charge is 0.338 e. The van der Waals surface area contributed by atoms with Crippen molar-refractivity contribution in [3.63, 3.8) is 0 Å². The lowest BCUT2D eigenvalue weighted by Gasteiger charge is -2.31. The summed E-state index contributed by atoms with van der Waals surface area (Å²) in [6, 6.07) is 13.6. The molecule has 0 radical (unpaired) electrons. The Labute approximate surface area is 316 Å². The molecule has 1 aliphatic heterocycles. The van der Waals surface area contributed by atoms with Crippen LogP contribution < -0.4 is 10.6 Å². The summed E-state index contributed by atoms with van der Waals surface area (Å²) in [7, 11) is 0. The third-order valence-corrected chi connectivity index (χ3v) is 10.1. The Morgan fingerprint density at radius 2 is 1.69 bits per heavy atom. The van der Waals surface area contributed by atoms with Gasteiger partial charge in [0.15, 0.2) is 5.79 Å². The summed E-state index contributed by atoms with van der Waals surface area (Å²) in [5.74, 6) is -1.68. The molecule has 4 atom stereocenters. The number of phenolic OH excluding ortho intramolecular Hbond substituents is 1. The fourth-order valence-corrected chi connectivity index (χ4v) is 7.11. The summed E-state index contributed by atoms with van der Waals surface area (Å²) in [6.45, 7) is 4.99. The molecule has 0 unspecified atom stereocenters. The topological polar surface area (TPSA) is 170 Å². The third-order valence-electron chi connectivity index (χ3n) is 10.1. The highest BCUT2D eigenvalue weighted by molar-refractivity contribution is 5.94. The number of aliphatic hydroxyl groups excluding tert-OH is 1. The number of aromatic hydroxyl groups is 1. The van der Waals surface area contributed by atoms with Crippen molar-refractivity contribution in [2.75, 3.05) is 13.2 Å². The van der Waals surface area contributed by atoms with Crippen LogP contribution in [0.5, 0.6) is 5.75 Å². The molecule has 2 saturated carbocycles. The van der Waals surface area contributed by atoms with Crippen LogP contribution in [0.15, 0.2) is 66.3 Å². The van der Waals surface area contributed by atoms with Crippen molar-refractivity contribution in [3.8, 4) is 5.75 Å². The monoisotopic (exact) mass is 744 g/mol. The molecule has 4 aliphatic rings. The fourth-order valence-electron chi connectivity index (χ4n) is 7.11. The van der Waals surface area contributed by atoms with Gasteiger partial charge in [0.2, 0.25) is 11.8 Å². The first-order valence-electron chi connectivity index (χ1n) is 19.0. The maximum Gasteiger partial charge on any atom is 0.338 e. The van der Waals surface area contributed by atoms with Gasteiger partial charge >= 0.3 is 11.9 Å². The molecule has 0 bridgehead atoms. The molecular weight excluding hydrogens is 692 g/mol. The van der Waals surface area contributed by atoms with Crippen LogP contribution in [0.25, 0.3) is 6.08 Å². The quantitative estimate of drug-likeness (QED) is 0.173. The van der Waals surface area contributed by atoms with Gasteiger partial charge in [-0.2, -0.15) is 0 Å². The predicted molar refractivity (Wildman–Crippen MR) is 199 cm³/mol. The van der Waals surface area contributed by atoms with Crippen molar-refractivity contribution in [2.24, 2.45) is 11.8 Å². The van der Waals surface area contributed by atoms with E-state index in [1.165, 1.54) is 0 Å². The second-order valence-electron chi connectivity index (χ2n) is 15.7. The number of hydrogen-bond donors (Lipinski definition) is 4. The Bertz CT molecular complexity index is 1730. The van der Waals surface area contributed by atoms with Gasteiger partial charge in [0.05, 0.1) is 18.2 Å². The van der Waals surface area contributed by atoms with E-state index in [1.54, 1.807) is 51.1 Å². The van der Waals surface area contributed by atoms with Gasteiger partial charge in [-0.05, 0) is 94.7 Å². The molecule has 3 fully saturated rings. The Balaban J connectivity index is 1.05. The Morgan fingerprint density at radius 3 is 2.33 bits per heavy atom. The number of nitrogens with one attached hydrogen (secondary N) is 2. The van der Waals surface area contributed by atoms with E-state index in [2.05, 4.69) is 10.6 Å². The standard InChI is InChI=1S/C42H52N2O10/c1-41(2,3)53-37(48)20-19-32(25-45)44-36(47)21-22-43-39(49)29-23-34(38-35(24-29)52-42(54-38,30-15-16-30)31-17-18-31)51-40(50)28-13-11-26(12-14-28)7-6-9-27-8-4-5-10-33(27)46/h4-8,10-14,24,30-32,34-35,38,45-46H,9,15-23,25H2,1-3H3,(H,43,49)(H,44,47)/t32-,34+,35+,38-/m0/s1. The highest BCUT2D eigenvalue weighted by Gasteiger charge is 2.64. The molecule has 290 valence electrons. The second kappa shape index (κ2) is 16.9. The van der Waals surface area contributed by atoms with Gasteiger partial charge in [0.1, 0.15) is 29.7 Å². The lowest BCUT2D eigenvalue weighted by molar-refractivity contribution is -0.209. The summed E-state index contributed by atoms with van der Waals surface area (Å²) in [4.78, 5) is 51.7. The van der Waals surface area contributed by atoms with E-state index in [1.807, 2.05) is 36.4 Å². The SMILES string of the molecule is CC(C)(C)OC(=O)CC[C@@H](CO)NC(=O)CCNC(=O)C1=C[C@H]2OC(C3CC3)(C3CC3)O[C@H]2[C@H](OC(=O)c2ccc(C=CCc3ccccc3O)cc2)C1. The van der Waals surface area contributed by atoms with Gasteiger partial charge in [-0.25, -0.2) is 4.79 Å². The number of allylic oxidation sites excluding steroid dienone is 1. The molecule has 1 saturated heterocycles. The number of hydrogen-bond acceptors (Lipinski definition) is 10. The van der Waals surface area contributed by atoms with Crippen molar-refractivity contribution >= 4 is 29.8 Å². The predicted octanol–water partition coefficient (Wildman–Crippen LogP) is 4.91. The lowest BCUT2D eigenvalue weighted by Crippen LogP contribution is -2.44. The zero-order chi connectivity index (χ0) is 38.5. The second-order valence-corrected chi connectivity index (χ2v) is 15.7. The van der Waals surface area contributed by atoms with E-state index in [-0.39, 0.29) is 62.3 Å². The van der Waals surface area contributed by atoms with Crippen LogP contribution in [-0.2, 0) is 39.8 Å². The number of esters is 2. The van der Waals surface area contributed by atoms with E-state index in [0.717, 1.165) is 36.8 Å². The number of aliphatic hydroxyl groups is 1. The number of fused-ring (bicyclic) bond motifs is 1. The van der Waals surface area contributed by atoms with Crippen LogP contribution in [-0.4, -0.2) is 82.9 Å². The van der Waals surface area contributed by atoms with Gasteiger partial charge in [0, 0.05) is 43.2 Å². The van der Waals surface area contributed by atoms with Crippen LogP contribution in [0.4, 0.5) is 0 Å². The summed E-state index contributed by atoms with van der Waals surface area (Å²) in [5.41, 5.74) is 1.82. The minimum absolute atomic E-state index is 0.0313. The highest BCUT2D eigenvalue weighted by Crippen LogP contribution is 2.59.